The van der Waals surface area contributed by atoms with Crippen molar-refractivity contribution in [3.8, 4) is 10.4 Å². The van der Waals surface area contributed by atoms with Crippen molar-refractivity contribution in [2.24, 2.45) is 0 Å². The zero-order valence-electron chi connectivity index (χ0n) is 20.4. The third kappa shape index (κ3) is 4.79. The van der Waals surface area contributed by atoms with E-state index in [9.17, 15) is 14.7 Å². The number of carbonyl (C=O) groups excluding carboxylic acids is 2. The number of aromatic nitrogens is 2. The van der Waals surface area contributed by atoms with Crippen molar-refractivity contribution in [3.05, 3.63) is 28.5 Å². The Bertz CT molecular complexity index is 1100. The third-order valence-electron chi connectivity index (χ3n) is 7.38. The second-order valence-electron chi connectivity index (χ2n) is 9.90. The van der Waals surface area contributed by atoms with Crippen LogP contribution < -0.4 is 10.6 Å². The van der Waals surface area contributed by atoms with Gasteiger partial charge in [0.2, 0.25) is 0 Å². The third-order valence-corrected chi connectivity index (χ3v) is 8.47. The van der Waals surface area contributed by atoms with Gasteiger partial charge >= 0.3 is 0 Å². The lowest BCUT2D eigenvalue weighted by atomic mass is 10.0. The van der Waals surface area contributed by atoms with Crippen molar-refractivity contribution < 1.29 is 19.4 Å². The number of hydrogen-bond acceptors (Lipinski definition) is 8. The summed E-state index contributed by atoms with van der Waals surface area (Å²) in [6.07, 6.45) is 6.34. The van der Waals surface area contributed by atoms with Crippen LogP contribution in [0, 0.1) is 6.92 Å². The first-order valence-corrected chi connectivity index (χ1v) is 13.3. The van der Waals surface area contributed by atoms with E-state index in [0.717, 1.165) is 49.0 Å². The highest BCUT2D eigenvalue weighted by Crippen LogP contribution is 2.41. The van der Waals surface area contributed by atoms with E-state index in [1.54, 1.807) is 6.20 Å². The number of rotatable bonds is 7. The summed E-state index contributed by atoms with van der Waals surface area (Å²) in [5.41, 5.74) is 2.10. The molecule has 3 fully saturated rings. The van der Waals surface area contributed by atoms with Crippen LogP contribution in [0.15, 0.2) is 12.3 Å². The van der Waals surface area contributed by atoms with Crippen LogP contribution in [0.5, 0.6) is 0 Å². The van der Waals surface area contributed by atoms with Gasteiger partial charge in [-0.2, -0.15) is 0 Å². The first-order chi connectivity index (χ1) is 16.8. The molecule has 35 heavy (non-hydrogen) atoms. The van der Waals surface area contributed by atoms with Crippen LogP contribution in [0.3, 0.4) is 0 Å². The molecule has 0 saturated carbocycles. The lowest BCUT2D eigenvalue weighted by molar-refractivity contribution is -0.0590. The molecule has 5 heterocycles. The summed E-state index contributed by atoms with van der Waals surface area (Å²) >= 11 is 1.22. The van der Waals surface area contributed by atoms with Crippen LogP contribution in [0.25, 0.3) is 10.4 Å². The second-order valence-corrected chi connectivity index (χ2v) is 10.9. The summed E-state index contributed by atoms with van der Waals surface area (Å²) in [5.74, 6) is 0.331. The number of aliphatic hydroxyl groups is 1. The van der Waals surface area contributed by atoms with Crippen LogP contribution in [0.2, 0.25) is 0 Å². The SMILES string of the molecule is CC[C@@H](C)Nc1cc(C)c(-c2sc(C(=O)N[C@@H]3CO[C@@H](O)C3)nc2C(=O)N2C3CCC2CC3)cn1. The largest absolute Gasteiger partial charge is 0.368 e. The number of hydrogen-bond donors (Lipinski definition) is 3. The number of nitrogens with one attached hydrogen (secondary N) is 2. The van der Waals surface area contributed by atoms with E-state index in [0.29, 0.717) is 23.0 Å². The molecule has 3 aliphatic heterocycles. The van der Waals surface area contributed by atoms with Gasteiger partial charge < -0.3 is 25.4 Å². The number of fused-ring (bicyclic) bond motifs is 2. The number of pyridine rings is 1. The van der Waals surface area contributed by atoms with E-state index in [1.165, 1.54) is 11.3 Å². The lowest BCUT2D eigenvalue weighted by Crippen LogP contribution is -2.36. The summed E-state index contributed by atoms with van der Waals surface area (Å²) in [6, 6.07) is 2.52. The molecule has 3 saturated heterocycles. The molecular weight excluding hydrogens is 466 g/mol. The van der Waals surface area contributed by atoms with E-state index in [1.807, 2.05) is 17.9 Å². The van der Waals surface area contributed by atoms with Gasteiger partial charge in [0, 0.05) is 36.3 Å². The van der Waals surface area contributed by atoms with Crippen LogP contribution in [-0.2, 0) is 4.74 Å². The Morgan fingerprint density at radius 3 is 2.60 bits per heavy atom. The smallest absolute Gasteiger partial charge is 0.280 e. The number of amides is 2. The quantitative estimate of drug-likeness (QED) is 0.535. The summed E-state index contributed by atoms with van der Waals surface area (Å²) in [6.45, 7) is 6.46. The van der Waals surface area contributed by atoms with Crippen molar-refractivity contribution >= 4 is 29.0 Å². The molecule has 2 aromatic rings. The number of nitrogens with zero attached hydrogens (tertiary/aromatic N) is 3. The molecule has 188 valence electrons. The maximum absolute atomic E-state index is 13.7. The average molecular weight is 500 g/mol. The van der Waals surface area contributed by atoms with Gasteiger partial charge in [-0.25, -0.2) is 9.97 Å². The Labute approximate surface area is 209 Å². The summed E-state index contributed by atoms with van der Waals surface area (Å²) < 4.78 is 5.15. The lowest BCUT2D eigenvalue weighted by Gasteiger charge is -2.21. The predicted molar refractivity (Wildman–Crippen MR) is 134 cm³/mol. The van der Waals surface area contributed by atoms with E-state index in [2.05, 4.69) is 34.4 Å². The van der Waals surface area contributed by atoms with Gasteiger partial charge in [0.1, 0.15) is 11.5 Å². The normalized spacial score (nSPS) is 26.2. The highest BCUT2D eigenvalue weighted by atomic mass is 32.1. The van der Waals surface area contributed by atoms with Crippen molar-refractivity contribution in [2.45, 2.75) is 89.8 Å². The monoisotopic (exact) mass is 499 g/mol. The van der Waals surface area contributed by atoms with E-state index in [4.69, 9.17) is 4.74 Å². The van der Waals surface area contributed by atoms with Gasteiger partial charge in [-0.1, -0.05) is 6.92 Å². The molecule has 0 spiro atoms. The van der Waals surface area contributed by atoms with E-state index < -0.39 is 6.29 Å². The van der Waals surface area contributed by atoms with E-state index >= 15 is 0 Å². The molecule has 2 aromatic heterocycles. The number of ether oxygens (including phenoxy) is 1. The minimum atomic E-state index is -0.869. The highest BCUT2D eigenvalue weighted by Gasteiger charge is 2.44. The molecule has 3 aliphatic rings. The standard InChI is InChI=1S/C25H33N5O4S/c1-4-14(3)27-19-9-13(2)18(11-26-19)22-21(25(33)30-16-5-6-17(30)8-7-16)29-24(35-22)23(32)28-15-10-20(31)34-12-15/h9,11,14-17,20,31H,4-8,10,12H2,1-3H3,(H,26,27)(H,28,32)/t14-,15+,16?,17?,20-/m1/s1. The number of anilines is 1. The molecule has 0 aromatic carbocycles. The van der Waals surface area contributed by atoms with Gasteiger partial charge in [-0.3, -0.25) is 9.59 Å². The first kappa shape index (κ1) is 24.1. The molecule has 0 unspecified atom stereocenters. The number of aliphatic hydroxyl groups excluding tert-OH is 1. The van der Waals surface area contributed by atoms with Crippen molar-refractivity contribution in [1.29, 1.82) is 0 Å². The Balaban J connectivity index is 1.48. The zero-order valence-corrected chi connectivity index (χ0v) is 21.2. The first-order valence-electron chi connectivity index (χ1n) is 12.5. The van der Waals surface area contributed by atoms with Crippen LogP contribution in [0.1, 0.15) is 78.2 Å². The minimum absolute atomic E-state index is 0.0962. The Kier molecular flexibility index (Phi) is 6.78. The molecule has 3 N–H and O–H groups in total. The fraction of sp³-hybridized carbons (Fsp3) is 0.600. The predicted octanol–water partition coefficient (Wildman–Crippen LogP) is 3.33. The highest BCUT2D eigenvalue weighted by molar-refractivity contribution is 7.17. The minimum Gasteiger partial charge on any atom is -0.368 e. The van der Waals surface area contributed by atoms with Crippen molar-refractivity contribution in [1.82, 2.24) is 20.2 Å². The zero-order chi connectivity index (χ0) is 24.7. The summed E-state index contributed by atoms with van der Waals surface area (Å²) in [4.78, 5) is 38.6. The molecule has 0 aliphatic carbocycles. The Hall–Kier alpha value is -2.56. The number of thiazole rings is 1. The van der Waals surface area contributed by atoms with E-state index in [-0.39, 0.29) is 41.6 Å². The fourth-order valence-corrected chi connectivity index (χ4v) is 6.33. The second kappa shape index (κ2) is 9.83. The fourth-order valence-electron chi connectivity index (χ4n) is 5.29. The number of aryl methyl sites for hydroxylation is 1. The molecule has 10 heteroatoms. The van der Waals surface area contributed by atoms with Crippen LogP contribution in [0.4, 0.5) is 5.82 Å². The molecule has 9 nitrogen and oxygen atoms in total. The topological polar surface area (TPSA) is 117 Å². The molecule has 5 rings (SSSR count). The van der Waals surface area contributed by atoms with Gasteiger partial charge in [0.25, 0.3) is 11.8 Å². The Morgan fingerprint density at radius 2 is 2.00 bits per heavy atom. The average Bonchev–Trinajstić information content (AvgIpc) is 3.63. The summed E-state index contributed by atoms with van der Waals surface area (Å²) in [5, 5.41) is 16.1. The van der Waals surface area contributed by atoms with Gasteiger partial charge in [-0.15, -0.1) is 11.3 Å². The molecule has 2 amide bonds. The Morgan fingerprint density at radius 1 is 1.29 bits per heavy atom. The molecular formula is C25H33N5O4S. The van der Waals surface area contributed by atoms with Gasteiger partial charge in [0.05, 0.1) is 17.5 Å². The van der Waals surface area contributed by atoms with Gasteiger partial charge in [-0.05, 0) is 57.6 Å². The molecule has 2 bridgehead atoms. The number of carbonyl (C=O) groups is 2. The molecule has 0 radical (unpaired) electrons. The van der Waals surface area contributed by atoms with Crippen LogP contribution >= 0.6 is 11.3 Å². The molecule has 3 atom stereocenters. The van der Waals surface area contributed by atoms with Crippen LogP contribution in [-0.4, -0.2) is 68.9 Å². The van der Waals surface area contributed by atoms with Crippen molar-refractivity contribution in [3.63, 3.8) is 0 Å². The van der Waals surface area contributed by atoms with Crippen molar-refractivity contribution in [2.75, 3.05) is 11.9 Å². The maximum Gasteiger partial charge on any atom is 0.280 e. The maximum atomic E-state index is 13.7. The van der Waals surface area contributed by atoms with Gasteiger partial charge in [0.15, 0.2) is 11.3 Å². The summed E-state index contributed by atoms with van der Waals surface area (Å²) in [7, 11) is 0.